The fourth-order valence-corrected chi connectivity index (χ4v) is 2.16. The van der Waals surface area contributed by atoms with Crippen LogP contribution in [0.1, 0.15) is 27.2 Å². The van der Waals surface area contributed by atoms with Gasteiger partial charge in [-0.25, -0.2) is 19.6 Å². The number of ether oxygens (including phenoxy) is 2. The second kappa shape index (κ2) is 6.17. The summed E-state index contributed by atoms with van der Waals surface area (Å²) in [5, 5.41) is 9.28. The highest BCUT2D eigenvalue weighted by Gasteiger charge is 2.42. The molecule has 2 rings (SSSR count). The number of carbonyl (C=O) groups excluding carboxylic acids is 1. The number of carboxylic acid groups (broad SMARTS) is 1. The largest absolute Gasteiger partial charge is 0.480 e. The molecular formula is C14H19N3O5. The molecule has 1 aromatic rings. The molecule has 1 fully saturated rings. The Morgan fingerprint density at radius 1 is 1.41 bits per heavy atom. The highest BCUT2D eigenvalue weighted by molar-refractivity contribution is 5.81. The van der Waals surface area contributed by atoms with Gasteiger partial charge < -0.3 is 14.6 Å². The van der Waals surface area contributed by atoms with Gasteiger partial charge in [-0.2, -0.15) is 0 Å². The number of rotatable bonds is 3. The van der Waals surface area contributed by atoms with Crippen LogP contribution in [0.25, 0.3) is 0 Å². The Hall–Kier alpha value is -2.38. The first kappa shape index (κ1) is 16.0. The molecule has 2 heterocycles. The Morgan fingerprint density at radius 2 is 2.14 bits per heavy atom. The molecule has 1 aromatic heterocycles. The minimum absolute atomic E-state index is 0.135. The van der Waals surface area contributed by atoms with Gasteiger partial charge in [0.15, 0.2) is 0 Å². The summed E-state index contributed by atoms with van der Waals surface area (Å²) in [5.74, 6) is -0.741. The van der Waals surface area contributed by atoms with Gasteiger partial charge in [0.05, 0.1) is 6.54 Å². The molecule has 8 nitrogen and oxygen atoms in total. The molecule has 1 aliphatic rings. The van der Waals surface area contributed by atoms with E-state index in [1.807, 2.05) is 0 Å². The maximum absolute atomic E-state index is 12.1. The summed E-state index contributed by atoms with van der Waals surface area (Å²) in [7, 11) is 0. The maximum atomic E-state index is 12.1. The number of carboxylic acids is 1. The molecule has 2 atom stereocenters. The summed E-state index contributed by atoms with van der Waals surface area (Å²) in [4.78, 5) is 32.4. The summed E-state index contributed by atoms with van der Waals surface area (Å²) in [5.41, 5.74) is -0.689. The van der Waals surface area contributed by atoms with Crippen LogP contribution in [0.4, 0.5) is 4.79 Å². The zero-order chi connectivity index (χ0) is 16.3. The molecule has 120 valence electrons. The van der Waals surface area contributed by atoms with Gasteiger partial charge in [0.2, 0.25) is 5.88 Å². The molecule has 0 spiro atoms. The second-order valence-electron chi connectivity index (χ2n) is 6.01. The van der Waals surface area contributed by atoms with Crippen LogP contribution in [0.3, 0.4) is 0 Å². The molecule has 0 saturated carbocycles. The van der Waals surface area contributed by atoms with Crippen LogP contribution in [-0.2, 0) is 9.53 Å². The minimum atomic E-state index is -1.08. The van der Waals surface area contributed by atoms with Crippen LogP contribution < -0.4 is 4.74 Å². The fourth-order valence-electron chi connectivity index (χ4n) is 2.16. The maximum Gasteiger partial charge on any atom is 0.411 e. The first-order valence-corrected chi connectivity index (χ1v) is 6.91. The van der Waals surface area contributed by atoms with E-state index in [9.17, 15) is 14.7 Å². The Bertz CT molecular complexity index is 543. The van der Waals surface area contributed by atoms with Gasteiger partial charge in [-0.15, -0.1) is 0 Å². The van der Waals surface area contributed by atoms with Crippen molar-refractivity contribution in [2.75, 3.05) is 6.54 Å². The van der Waals surface area contributed by atoms with Crippen LogP contribution >= 0.6 is 0 Å². The van der Waals surface area contributed by atoms with Gasteiger partial charge in [0, 0.05) is 18.7 Å². The number of aliphatic carboxylic acids is 1. The fraction of sp³-hybridized carbons (Fsp3) is 0.571. The molecule has 1 N–H and O–H groups in total. The number of amides is 1. The van der Waals surface area contributed by atoms with Crippen molar-refractivity contribution in [1.82, 2.24) is 14.9 Å². The zero-order valence-corrected chi connectivity index (χ0v) is 12.7. The normalized spacial score (nSPS) is 21.5. The molecule has 0 radical (unpaired) electrons. The summed E-state index contributed by atoms with van der Waals surface area (Å²) in [6, 6.07) is 0.605. The van der Waals surface area contributed by atoms with Crippen molar-refractivity contribution in [1.29, 1.82) is 0 Å². The molecule has 0 aliphatic carbocycles. The van der Waals surface area contributed by atoms with Gasteiger partial charge in [0.25, 0.3) is 0 Å². The van der Waals surface area contributed by atoms with Crippen molar-refractivity contribution in [2.45, 2.75) is 44.9 Å². The third-order valence-electron chi connectivity index (χ3n) is 3.02. The van der Waals surface area contributed by atoms with E-state index in [4.69, 9.17) is 9.47 Å². The zero-order valence-electron chi connectivity index (χ0n) is 12.7. The van der Waals surface area contributed by atoms with Gasteiger partial charge in [-0.05, 0) is 20.8 Å². The topological polar surface area (TPSA) is 102 Å². The van der Waals surface area contributed by atoms with E-state index in [-0.39, 0.29) is 13.0 Å². The number of hydrogen-bond acceptors (Lipinski definition) is 6. The van der Waals surface area contributed by atoms with Gasteiger partial charge >= 0.3 is 12.1 Å². The molecule has 0 bridgehead atoms. The van der Waals surface area contributed by atoms with Gasteiger partial charge in [-0.3, -0.25) is 4.90 Å². The van der Waals surface area contributed by atoms with Crippen LogP contribution in [-0.4, -0.2) is 56.3 Å². The quantitative estimate of drug-likeness (QED) is 0.898. The standard InChI is InChI=1S/C14H19N3O5/c1-14(2,3)22-13(20)17-7-9(6-10(17)12(18)19)21-11-4-5-15-8-16-11/h4-5,8-10H,6-7H2,1-3H3,(H,18,19)/t9-,10-/m0/s1. The summed E-state index contributed by atoms with van der Waals surface area (Å²) < 4.78 is 10.8. The Labute approximate surface area is 128 Å². The highest BCUT2D eigenvalue weighted by atomic mass is 16.6. The first-order valence-electron chi connectivity index (χ1n) is 6.91. The predicted octanol–water partition coefficient (Wildman–Crippen LogP) is 1.32. The second-order valence-corrected chi connectivity index (χ2v) is 6.01. The Kier molecular flexibility index (Phi) is 4.48. The summed E-state index contributed by atoms with van der Waals surface area (Å²) in [6.45, 7) is 5.32. The average Bonchev–Trinajstić information content (AvgIpc) is 2.82. The molecule has 0 aromatic carbocycles. The number of nitrogens with zero attached hydrogens (tertiary/aromatic N) is 3. The van der Waals surface area contributed by atoms with Crippen molar-refractivity contribution < 1.29 is 24.2 Å². The monoisotopic (exact) mass is 309 g/mol. The van der Waals surface area contributed by atoms with Crippen LogP contribution in [0.5, 0.6) is 5.88 Å². The van der Waals surface area contributed by atoms with E-state index in [0.29, 0.717) is 5.88 Å². The minimum Gasteiger partial charge on any atom is -0.480 e. The van der Waals surface area contributed by atoms with Crippen molar-refractivity contribution >= 4 is 12.1 Å². The molecular weight excluding hydrogens is 290 g/mol. The third-order valence-corrected chi connectivity index (χ3v) is 3.02. The number of carbonyl (C=O) groups is 2. The number of likely N-dealkylation sites (tertiary alicyclic amines) is 1. The summed E-state index contributed by atoms with van der Waals surface area (Å²) in [6.07, 6.45) is 1.93. The van der Waals surface area contributed by atoms with E-state index < -0.39 is 29.8 Å². The van der Waals surface area contributed by atoms with E-state index in [1.165, 1.54) is 17.4 Å². The third kappa shape index (κ3) is 4.06. The first-order chi connectivity index (χ1) is 10.3. The van der Waals surface area contributed by atoms with Crippen molar-refractivity contribution in [3.63, 3.8) is 0 Å². The van der Waals surface area contributed by atoms with Crippen molar-refractivity contribution in [3.05, 3.63) is 18.6 Å². The van der Waals surface area contributed by atoms with Gasteiger partial charge in [0.1, 0.15) is 24.1 Å². The van der Waals surface area contributed by atoms with Crippen LogP contribution in [0.15, 0.2) is 18.6 Å². The lowest BCUT2D eigenvalue weighted by atomic mass is 10.2. The van der Waals surface area contributed by atoms with E-state index in [0.717, 1.165) is 0 Å². The lowest BCUT2D eigenvalue weighted by Gasteiger charge is -2.26. The number of aromatic nitrogens is 2. The average molecular weight is 309 g/mol. The van der Waals surface area contributed by atoms with E-state index in [2.05, 4.69) is 9.97 Å². The SMILES string of the molecule is CC(C)(C)OC(=O)N1C[C@@H](Oc2ccncn2)C[C@H]1C(=O)O. The molecule has 22 heavy (non-hydrogen) atoms. The van der Waals surface area contributed by atoms with Crippen molar-refractivity contribution in [2.24, 2.45) is 0 Å². The lowest BCUT2D eigenvalue weighted by Crippen LogP contribution is -2.43. The molecule has 1 amide bonds. The highest BCUT2D eigenvalue weighted by Crippen LogP contribution is 2.24. The smallest absolute Gasteiger partial charge is 0.411 e. The molecule has 1 aliphatic heterocycles. The van der Waals surface area contributed by atoms with Crippen molar-refractivity contribution in [3.8, 4) is 5.88 Å². The Balaban J connectivity index is 2.06. The van der Waals surface area contributed by atoms with Crippen LogP contribution in [0, 0.1) is 0 Å². The molecule has 8 heteroatoms. The molecule has 1 saturated heterocycles. The predicted molar refractivity (Wildman–Crippen MR) is 75.4 cm³/mol. The number of hydrogen-bond donors (Lipinski definition) is 1. The summed E-state index contributed by atoms with van der Waals surface area (Å²) >= 11 is 0. The molecule has 0 unspecified atom stereocenters. The van der Waals surface area contributed by atoms with Gasteiger partial charge in [-0.1, -0.05) is 0 Å². The van der Waals surface area contributed by atoms with E-state index >= 15 is 0 Å². The Morgan fingerprint density at radius 3 is 2.68 bits per heavy atom. The van der Waals surface area contributed by atoms with E-state index in [1.54, 1.807) is 26.8 Å². The van der Waals surface area contributed by atoms with Crippen LogP contribution in [0.2, 0.25) is 0 Å². The lowest BCUT2D eigenvalue weighted by molar-refractivity contribution is -0.142.